The number of carbonyl (C=O) groups excluding carboxylic acids is 2. The first kappa shape index (κ1) is 15.8. The minimum Gasteiger partial charge on any atom is -0.453 e. The Bertz CT molecular complexity index is 617. The van der Waals surface area contributed by atoms with Gasteiger partial charge in [-0.05, 0) is 19.8 Å². The number of hydrogen-bond donors (Lipinski definition) is 0. The summed E-state index contributed by atoms with van der Waals surface area (Å²) in [6.45, 7) is 6.42. The van der Waals surface area contributed by atoms with Crippen LogP contribution >= 0.6 is 0 Å². The second kappa shape index (κ2) is 6.22. The molecule has 23 heavy (non-hydrogen) atoms. The third kappa shape index (κ3) is 2.92. The van der Waals surface area contributed by atoms with Gasteiger partial charge in [-0.3, -0.25) is 4.79 Å². The highest BCUT2D eigenvalue weighted by atomic mass is 16.5. The van der Waals surface area contributed by atoms with Crippen molar-refractivity contribution in [1.29, 1.82) is 0 Å². The van der Waals surface area contributed by atoms with Gasteiger partial charge < -0.3 is 19.1 Å². The Morgan fingerprint density at radius 1 is 1.17 bits per heavy atom. The van der Waals surface area contributed by atoms with Gasteiger partial charge in [0.15, 0.2) is 0 Å². The number of likely N-dealkylation sites (tertiary alicyclic amines) is 1. The lowest BCUT2D eigenvalue weighted by molar-refractivity contribution is -0.130. The lowest BCUT2D eigenvalue weighted by atomic mass is 10.0. The molecule has 2 amide bonds. The highest BCUT2D eigenvalue weighted by Crippen LogP contribution is 2.30. The molecule has 0 radical (unpaired) electrons. The monoisotopic (exact) mass is 320 g/mol. The lowest BCUT2D eigenvalue weighted by Crippen LogP contribution is -2.40. The van der Waals surface area contributed by atoms with Crippen LogP contribution in [0.15, 0.2) is 0 Å². The first-order valence-electron chi connectivity index (χ1n) is 8.16. The van der Waals surface area contributed by atoms with Crippen molar-refractivity contribution in [2.75, 3.05) is 26.7 Å². The minimum atomic E-state index is -0.285. The molecule has 7 heteroatoms. The normalized spacial score (nSPS) is 18.7. The van der Waals surface area contributed by atoms with E-state index in [1.807, 2.05) is 11.8 Å². The fraction of sp³-hybridized carbons (Fsp3) is 0.688. The SMILES string of the molecule is COC(=O)N1CCc2nc(C)n(C3CCN(C(C)=O)CC3)c2C1. The summed E-state index contributed by atoms with van der Waals surface area (Å²) in [5, 5.41) is 0. The minimum absolute atomic E-state index is 0.143. The van der Waals surface area contributed by atoms with E-state index in [9.17, 15) is 9.59 Å². The first-order chi connectivity index (χ1) is 11.0. The number of nitrogens with zero attached hydrogens (tertiary/aromatic N) is 4. The van der Waals surface area contributed by atoms with Crippen LogP contribution in [-0.4, -0.2) is 58.1 Å². The van der Waals surface area contributed by atoms with Crippen LogP contribution in [0.2, 0.25) is 0 Å². The third-order valence-electron chi connectivity index (χ3n) is 4.94. The van der Waals surface area contributed by atoms with Crippen molar-refractivity contribution in [1.82, 2.24) is 19.4 Å². The summed E-state index contributed by atoms with van der Waals surface area (Å²) in [5.74, 6) is 1.15. The van der Waals surface area contributed by atoms with Crippen LogP contribution in [0, 0.1) is 6.92 Å². The topological polar surface area (TPSA) is 67.7 Å². The smallest absolute Gasteiger partial charge is 0.409 e. The molecule has 3 heterocycles. The molecule has 1 saturated heterocycles. The summed E-state index contributed by atoms with van der Waals surface area (Å²) in [4.78, 5) is 31.6. The molecule has 0 aromatic carbocycles. The van der Waals surface area contributed by atoms with Crippen molar-refractivity contribution in [2.24, 2.45) is 0 Å². The molecule has 2 aliphatic heterocycles. The quantitative estimate of drug-likeness (QED) is 0.786. The van der Waals surface area contributed by atoms with Crippen molar-refractivity contribution >= 4 is 12.0 Å². The number of carbonyl (C=O) groups is 2. The lowest BCUT2D eigenvalue weighted by Gasteiger charge is -2.34. The summed E-state index contributed by atoms with van der Waals surface area (Å²) < 4.78 is 7.13. The molecular formula is C16H24N4O3. The van der Waals surface area contributed by atoms with Gasteiger partial charge in [0.25, 0.3) is 0 Å². The molecular weight excluding hydrogens is 296 g/mol. The van der Waals surface area contributed by atoms with Crippen molar-refractivity contribution in [3.8, 4) is 0 Å². The number of aryl methyl sites for hydroxylation is 1. The summed E-state index contributed by atoms with van der Waals surface area (Å²) in [7, 11) is 1.41. The molecule has 1 fully saturated rings. The number of imidazole rings is 1. The molecule has 0 N–H and O–H groups in total. The molecule has 0 atom stereocenters. The number of ether oxygens (including phenoxy) is 1. The number of methoxy groups -OCH3 is 1. The van der Waals surface area contributed by atoms with Crippen LogP contribution in [0.5, 0.6) is 0 Å². The van der Waals surface area contributed by atoms with Crippen LogP contribution in [0.4, 0.5) is 4.79 Å². The fourth-order valence-corrected chi connectivity index (χ4v) is 3.72. The highest BCUT2D eigenvalue weighted by molar-refractivity contribution is 5.73. The summed E-state index contributed by atoms with van der Waals surface area (Å²) in [6, 6.07) is 0.347. The van der Waals surface area contributed by atoms with E-state index < -0.39 is 0 Å². The van der Waals surface area contributed by atoms with E-state index in [0.717, 1.165) is 49.6 Å². The second-order valence-corrected chi connectivity index (χ2v) is 6.30. The van der Waals surface area contributed by atoms with Gasteiger partial charge in [-0.2, -0.15) is 0 Å². The van der Waals surface area contributed by atoms with Gasteiger partial charge >= 0.3 is 6.09 Å². The first-order valence-corrected chi connectivity index (χ1v) is 8.16. The average molecular weight is 320 g/mol. The number of piperidine rings is 1. The maximum absolute atomic E-state index is 11.8. The predicted octanol–water partition coefficient (Wildman–Crippen LogP) is 1.50. The Morgan fingerprint density at radius 3 is 2.48 bits per heavy atom. The molecule has 1 aromatic heterocycles. The van der Waals surface area contributed by atoms with Gasteiger partial charge in [0.1, 0.15) is 5.82 Å². The molecule has 0 spiro atoms. The van der Waals surface area contributed by atoms with E-state index in [1.165, 1.54) is 7.11 Å². The van der Waals surface area contributed by atoms with Gasteiger partial charge in [-0.25, -0.2) is 9.78 Å². The van der Waals surface area contributed by atoms with Crippen LogP contribution in [0.25, 0.3) is 0 Å². The zero-order valence-corrected chi connectivity index (χ0v) is 14.0. The maximum Gasteiger partial charge on any atom is 0.409 e. The molecule has 126 valence electrons. The number of hydrogen-bond acceptors (Lipinski definition) is 4. The molecule has 0 aliphatic carbocycles. The van der Waals surface area contributed by atoms with E-state index in [0.29, 0.717) is 19.1 Å². The van der Waals surface area contributed by atoms with Crippen molar-refractivity contribution < 1.29 is 14.3 Å². The van der Waals surface area contributed by atoms with E-state index in [1.54, 1.807) is 11.8 Å². The summed E-state index contributed by atoms with van der Waals surface area (Å²) in [5.41, 5.74) is 2.22. The Kier molecular flexibility index (Phi) is 4.28. The zero-order valence-electron chi connectivity index (χ0n) is 14.0. The largest absolute Gasteiger partial charge is 0.453 e. The molecule has 1 aromatic rings. The standard InChI is InChI=1S/C16H24N4O3/c1-11-17-14-6-9-19(16(22)23-3)10-15(14)20(11)13-4-7-18(8-5-13)12(2)21/h13H,4-10H2,1-3H3. The Morgan fingerprint density at radius 2 is 1.87 bits per heavy atom. The van der Waals surface area contributed by atoms with Crippen LogP contribution in [0.3, 0.4) is 0 Å². The van der Waals surface area contributed by atoms with E-state index >= 15 is 0 Å². The van der Waals surface area contributed by atoms with E-state index in [-0.39, 0.29) is 12.0 Å². The van der Waals surface area contributed by atoms with Crippen molar-refractivity contribution in [2.45, 2.75) is 45.7 Å². The van der Waals surface area contributed by atoms with Gasteiger partial charge in [0.05, 0.1) is 25.0 Å². The van der Waals surface area contributed by atoms with Gasteiger partial charge in [-0.1, -0.05) is 0 Å². The number of aromatic nitrogens is 2. The van der Waals surface area contributed by atoms with Gasteiger partial charge in [0, 0.05) is 39.0 Å². The number of amides is 2. The van der Waals surface area contributed by atoms with Gasteiger partial charge in [-0.15, -0.1) is 0 Å². The molecule has 0 unspecified atom stereocenters. The molecule has 2 aliphatic rings. The van der Waals surface area contributed by atoms with Gasteiger partial charge in [0.2, 0.25) is 5.91 Å². The third-order valence-corrected chi connectivity index (χ3v) is 4.94. The summed E-state index contributed by atoms with van der Waals surface area (Å²) >= 11 is 0. The highest BCUT2D eigenvalue weighted by Gasteiger charge is 2.30. The number of fused-ring (bicyclic) bond motifs is 1. The summed E-state index contributed by atoms with van der Waals surface area (Å²) in [6.07, 6.45) is 2.35. The molecule has 0 bridgehead atoms. The Balaban J connectivity index is 1.80. The average Bonchev–Trinajstić information content (AvgIpc) is 2.89. The molecule has 0 saturated carbocycles. The second-order valence-electron chi connectivity index (χ2n) is 6.30. The maximum atomic E-state index is 11.8. The van der Waals surface area contributed by atoms with Crippen LogP contribution in [-0.2, 0) is 22.5 Å². The zero-order chi connectivity index (χ0) is 16.6. The molecule has 7 nitrogen and oxygen atoms in total. The predicted molar refractivity (Wildman–Crippen MR) is 84.0 cm³/mol. The Hall–Kier alpha value is -2.05. The van der Waals surface area contributed by atoms with Crippen molar-refractivity contribution in [3.63, 3.8) is 0 Å². The van der Waals surface area contributed by atoms with Crippen LogP contribution in [0.1, 0.15) is 43.0 Å². The fourth-order valence-electron chi connectivity index (χ4n) is 3.72. The van der Waals surface area contributed by atoms with Crippen LogP contribution < -0.4 is 0 Å². The molecule has 3 rings (SSSR count). The van der Waals surface area contributed by atoms with E-state index in [2.05, 4.69) is 4.57 Å². The van der Waals surface area contributed by atoms with E-state index in [4.69, 9.17) is 9.72 Å². The number of rotatable bonds is 1. The van der Waals surface area contributed by atoms with Crippen molar-refractivity contribution in [3.05, 3.63) is 17.2 Å². The Labute approximate surface area is 136 Å².